The Morgan fingerprint density at radius 3 is 2.62 bits per heavy atom. The van der Waals surface area contributed by atoms with Crippen LogP contribution in [0.5, 0.6) is 5.88 Å². The first kappa shape index (κ1) is 14.8. The van der Waals surface area contributed by atoms with E-state index in [1.165, 1.54) is 0 Å². The number of benzene rings is 1. The molecule has 0 fully saturated rings. The van der Waals surface area contributed by atoms with Crippen LogP contribution in [0.4, 0.5) is 5.95 Å². The molecule has 2 aromatic rings. The van der Waals surface area contributed by atoms with Crippen molar-refractivity contribution in [2.45, 2.75) is 13.5 Å². The van der Waals surface area contributed by atoms with Crippen LogP contribution in [0.2, 0.25) is 0 Å². The minimum absolute atomic E-state index is 0.274. The average Bonchev–Trinajstić information content (AvgIpc) is 2.48. The van der Waals surface area contributed by atoms with Crippen LogP contribution in [0, 0.1) is 0 Å². The zero-order valence-corrected chi connectivity index (χ0v) is 12.0. The number of hydrogen-bond donors (Lipinski definition) is 1. The van der Waals surface area contributed by atoms with Gasteiger partial charge in [0.2, 0.25) is 11.8 Å². The van der Waals surface area contributed by atoms with Gasteiger partial charge in [0.15, 0.2) is 0 Å². The van der Waals surface area contributed by atoms with Crippen LogP contribution in [0.3, 0.4) is 0 Å². The summed E-state index contributed by atoms with van der Waals surface area (Å²) >= 11 is 0. The molecule has 0 atom stereocenters. The summed E-state index contributed by atoms with van der Waals surface area (Å²) in [4.78, 5) is 21.2. The van der Waals surface area contributed by atoms with E-state index >= 15 is 0 Å². The molecule has 0 unspecified atom stereocenters. The van der Waals surface area contributed by atoms with Gasteiger partial charge in [0.1, 0.15) is 0 Å². The number of aromatic carboxylic acids is 1. The van der Waals surface area contributed by atoms with E-state index in [-0.39, 0.29) is 5.56 Å². The van der Waals surface area contributed by atoms with Gasteiger partial charge in [-0.2, -0.15) is 4.98 Å². The zero-order chi connectivity index (χ0) is 15.2. The lowest BCUT2D eigenvalue weighted by molar-refractivity contribution is 0.0697. The molecule has 110 valence electrons. The number of rotatable bonds is 6. The number of ether oxygens (including phenoxy) is 1. The quantitative estimate of drug-likeness (QED) is 0.878. The second kappa shape index (κ2) is 6.69. The van der Waals surface area contributed by atoms with E-state index in [0.29, 0.717) is 25.0 Å². The third kappa shape index (κ3) is 3.92. The lowest BCUT2D eigenvalue weighted by atomic mass is 10.1. The molecule has 0 aliphatic carbocycles. The zero-order valence-electron chi connectivity index (χ0n) is 12.0. The average molecular weight is 287 g/mol. The lowest BCUT2D eigenvalue weighted by Gasteiger charge is -2.17. The summed E-state index contributed by atoms with van der Waals surface area (Å²) in [6.45, 7) is 3.03. The Kier molecular flexibility index (Phi) is 4.71. The maximum absolute atomic E-state index is 10.8. The molecule has 1 aromatic carbocycles. The van der Waals surface area contributed by atoms with Crippen LogP contribution in [0.1, 0.15) is 22.8 Å². The molecule has 0 spiro atoms. The van der Waals surface area contributed by atoms with Crippen molar-refractivity contribution in [2.24, 2.45) is 0 Å². The fourth-order valence-electron chi connectivity index (χ4n) is 1.84. The van der Waals surface area contributed by atoms with Gasteiger partial charge in [0.05, 0.1) is 12.2 Å². The van der Waals surface area contributed by atoms with Crippen LogP contribution in [-0.2, 0) is 6.54 Å². The molecule has 0 radical (unpaired) electrons. The van der Waals surface area contributed by atoms with Gasteiger partial charge in [-0.15, -0.1) is 0 Å². The first-order chi connectivity index (χ1) is 10.1. The van der Waals surface area contributed by atoms with Crippen molar-refractivity contribution in [3.05, 3.63) is 47.7 Å². The van der Waals surface area contributed by atoms with Crippen LogP contribution < -0.4 is 9.64 Å². The van der Waals surface area contributed by atoms with E-state index in [1.807, 2.05) is 18.9 Å². The third-order valence-electron chi connectivity index (χ3n) is 2.87. The topological polar surface area (TPSA) is 75.5 Å². The number of anilines is 1. The van der Waals surface area contributed by atoms with E-state index < -0.39 is 5.97 Å². The Balaban J connectivity index is 2.08. The van der Waals surface area contributed by atoms with Crippen molar-refractivity contribution in [3.63, 3.8) is 0 Å². The van der Waals surface area contributed by atoms with E-state index in [9.17, 15) is 4.79 Å². The molecule has 0 bridgehead atoms. The van der Waals surface area contributed by atoms with Crippen molar-refractivity contribution in [2.75, 3.05) is 18.6 Å². The highest BCUT2D eigenvalue weighted by molar-refractivity contribution is 5.87. The summed E-state index contributed by atoms with van der Waals surface area (Å²) in [7, 11) is 1.87. The van der Waals surface area contributed by atoms with Gasteiger partial charge in [0, 0.05) is 25.9 Å². The number of aromatic nitrogens is 2. The fourth-order valence-corrected chi connectivity index (χ4v) is 1.84. The SMILES string of the molecule is CCOc1ccnc(N(C)Cc2ccc(C(=O)O)cc2)n1. The molecular formula is C15H17N3O3. The van der Waals surface area contributed by atoms with Gasteiger partial charge in [-0.05, 0) is 24.6 Å². The minimum Gasteiger partial charge on any atom is -0.478 e. The van der Waals surface area contributed by atoms with Crippen molar-refractivity contribution >= 4 is 11.9 Å². The van der Waals surface area contributed by atoms with Crippen LogP contribution in [0.25, 0.3) is 0 Å². The molecule has 6 heteroatoms. The van der Waals surface area contributed by atoms with E-state index in [2.05, 4.69) is 9.97 Å². The van der Waals surface area contributed by atoms with E-state index in [4.69, 9.17) is 9.84 Å². The highest BCUT2D eigenvalue weighted by atomic mass is 16.5. The van der Waals surface area contributed by atoms with Gasteiger partial charge in [0.25, 0.3) is 0 Å². The molecule has 1 heterocycles. The van der Waals surface area contributed by atoms with Crippen LogP contribution >= 0.6 is 0 Å². The summed E-state index contributed by atoms with van der Waals surface area (Å²) in [5.74, 6) is 0.168. The highest BCUT2D eigenvalue weighted by Gasteiger charge is 2.08. The van der Waals surface area contributed by atoms with Crippen molar-refractivity contribution in [1.82, 2.24) is 9.97 Å². The molecule has 6 nitrogen and oxygen atoms in total. The largest absolute Gasteiger partial charge is 0.478 e. The Morgan fingerprint density at radius 2 is 2.00 bits per heavy atom. The van der Waals surface area contributed by atoms with Gasteiger partial charge >= 0.3 is 5.97 Å². The monoisotopic (exact) mass is 287 g/mol. The molecule has 1 aromatic heterocycles. The molecule has 0 amide bonds. The molecule has 0 aliphatic heterocycles. The summed E-state index contributed by atoms with van der Waals surface area (Å²) in [5.41, 5.74) is 1.25. The highest BCUT2D eigenvalue weighted by Crippen LogP contribution is 2.14. The third-order valence-corrected chi connectivity index (χ3v) is 2.87. The van der Waals surface area contributed by atoms with Crippen molar-refractivity contribution in [3.8, 4) is 5.88 Å². The summed E-state index contributed by atoms with van der Waals surface area (Å²) < 4.78 is 5.35. The van der Waals surface area contributed by atoms with Crippen molar-refractivity contribution in [1.29, 1.82) is 0 Å². The molecule has 0 saturated carbocycles. The predicted octanol–water partition coefficient (Wildman–Crippen LogP) is 2.21. The van der Waals surface area contributed by atoms with Gasteiger partial charge in [-0.1, -0.05) is 12.1 Å². The standard InChI is InChI=1S/C15H17N3O3/c1-3-21-13-8-9-16-15(17-13)18(2)10-11-4-6-12(7-5-11)14(19)20/h4-9H,3,10H2,1-2H3,(H,19,20). The first-order valence-corrected chi connectivity index (χ1v) is 6.59. The first-order valence-electron chi connectivity index (χ1n) is 6.59. The fraction of sp³-hybridized carbons (Fsp3) is 0.267. The van der Waals surface area contributed by atoms with Gasteiger partial charge in [-0.3, -0.25) is 0 Å². The van der Waals surface area contributed by atoms with Gasteiger partial charge in [-0.25, -0.2) is 9.78 Å². The Morgan fingerprint density at radius 1 is 1.29 bits per heavy atom. The molecule has 21 heavy (non-hydrogen) atoms. The predicted molar refractivity (Wildman–Crippen MR) is 78.7 cm³/mol. The maximum atomic E-state index is 10.8. The number of carboxylic acid groups (broad SMARTS) is 1. The van der Waals surface area contributed by atoms with Gasteiger partial charge < -0.3 is 14.7 Å². The summed E-state index contributed by atoms with van der Waals surface area (Å²) in [5, 5.41) is 8.87. The smallest absolute Gasteiger partial charge is 0.335 e. The molecular weight excluding hydrogens is 270 g/mol. The summed E-state index contributed by atoms with van der Waals surface area (Å²) in [6.07, 6.45) is 1.65. The molecule has 2 rings (SSSR count). The van der Waals surface area contributed by atoms with E-state index in [0.717, 1.165) is 5.56 Å². The number of carbonyl (C=O) groups is 1. The Bertz CT molecular complexity index is 614. The maximum Gasteiger partial charge on any atom is 0.335 e. The van der Waals surface area contributed by atoms with Crippen molar-refractivity contribution < 1.29 is 14.6 Å². The molecule has 0 saturated heterocycles. The Hall–Kier alpha value is -2.63. The number of carboxylic acids is 1. The summed E-state index contributed by atoms with van der Waals surface area (Å²) in [6, 6.07) is 8.45. The number of hydrogen-bond acceptors (Lipinski definition) is 5. The minimum atomic E-state index is -0.928. The Labute approximate surface area is 123 Å². The second-order valence-corrected chi connectivity index (χ2v) is 4.49. The van der Waals surface area contributed by atoms with Crippen LogP contribution in [-0.4, -0.2) is 34.7 Å². The normalized spacial score (nSPS) is 10.2. The lowest BCUT2D eigenvalue weighted by Crippen LogP contribution is -2.19. The second-order valence-electron chi connectivity index (χ2n) is 4.49. The number of nitrogens with zero attached hydrogens (tertiary/aromatic N) is 3. The molecule has 1 N–H and O–H groups in total. The van der Waals surface area contributed by atoms with Crippen LogP contribution in [0.15, 0.2) is 36.5 Å². The van der Waals surface area contributed by atoms with E-state index in [1.54, 1.807) is 36.5 Å². The molecule has 0 aliphatic rings.